The van der Waals surface area contributed by atoms with Gasteiger partial charge in [-0.05, 0) is 48.0 Å². The van der Waals surface area contributed by atoms with E-state index >= 15 is 0 Å². The molecular weight excluding hydrogens is 389 g/mol. The van der Waals surface area contributed by atoms with Gasteiger partial charge in [-0.3, -0.25) is 4.90 Å². The number of pyridine rings is 1. The summed E-state index contributed by atoms with van der Waals surface area (Å²) in [6.45, 7) is 5.31. The first-order valence-electron chi connectivity index (χ1n) is 9.75. The first kappa shape index (κ1) is 19.8. The Morgan fingerprint density at radius 3 is 2.66 bits per heavy atom. The number of aromatic nitrogens is 1. The number of hydrogen-bond donors (Lipinski definition) is 1. The molecule has 1 saturated heterocycles. The van der Waals surface area contributed by atoms with Gasteiger partial charge in [0.2, 0.25) is 0 Å². The third-order valence-corrected chi connectivity index (χ3v) is 5.19. The van der Waals surface area contributed by atoms with E-state index in [-0.39, 0.29) is 5.82 Å². The maximum Gasteiger partial charge on any atom is 0.123 e. The van der Waals surface area contributed by atoms with E-state index in [9.17, 15) is 4.39 Å². The molecule has 0 bridgehead atoms. The van der Waals surface area contributed by atoms with Crippen molar-refractivity contribution in [3.05, 3.63) is 70.6 Å². The minimum absolute atomic E-state index is 0.241. The van der Waals surface area contributed by atoms with Crippen molar-refractivity contribution >= 4 is 40.3 Å². The van der Waals surface area contributed by atoms with Gasteiger partial charge in [0.25, 0.3) is 0 Å². The zero-order chi connectivity index (χ0) is 20.1. The average molecular weight is 412 g/mol. The Balaban J connectivity index is 1.55. The number of nitrogens with one attached hydrogen (secondary N) is 1. The van der Waals surface area contributed by atoms with E-state index in [0.29, 0.717) is 5.02 Å². The molecule has 0 amide bonds. The molecule has 0 atom stereocenters. The van der Waals surface area contributed by atoms with E-state index in [1.54, 1.807) is 12.1 Å². The molecule has 2 aromatic carbocycles. The molecule has 29 heavy (non-hydrogen) atoms. The fourth-order valence-electron chi connectivity index (χ4n) is 3.38. The largest absolute Gasteiger partial charge is 0.383 e. The van der Waals surface area contributed by atoms with Crippen molar-refractivity contribution in [3.8, 4) is 0 Å². The second kappa shape index (κ2) is 9.35. The van der Waals surface area contributed by atoms with Crippen LogP contribution in [-0.4, -0.2) is 49.3 Å². The maximum absolute atomic E-state index is 13.1. The Bertz CT molecular complexity index is 1000. The van der Waals surface area contributed by atoms with E-state index < -0.39 is 0 Å². The van der Waals surface area contributed by atoms with Crippen LogP contribution >= 0.6 is 11.6 Å². The summed E-state index contributed by atoms with van der Waals surface area (Å²) in [6, 6.07) is 14.1. The molecule has 4 nitrogen and oxygen atoms in total. The van der Waals surface area contributed by atoms with Crippen molar-refractivity contribution in [2.75, 3.05) is 44.7 Å². The van der Waals surface area contributed by atoms with Gasteiger partial charge in [0.05, 0.1) is 24.4 Å². The summed E-state index contributed by atoms with van der Waals surface area (Å²) >= 11 is 6.22. The molecule has 0 radical (unpaired) electrons. The molecule has 1 aliphatic heterocycles. The summed E-state index contributed by atoms with van der Waals surface area (Å²) in [6.07, 6.45) is 3.87. The second-order valence-electron chi connectivity index (χ2n) is 7.02. The zero-order valence-electron chi connectivity index (χ0n) is 16.1. The van der Waals surface area contributed by atoms with Gasteiger partial charge < -0.3 is 10.1 Å². The number of ether oxygens (including phenoxy) is 1. The minimum atomic E-state index is -0.241. The highest BCUT2D eigenvalue weighted by molar-refractivity contribution is 6.31. The van der Waals surface area contributed by atoms with Gasteiger partial charge in [0.15, 0.2) is 0 Å². The smallest absolute Gasteiger partial charge is 0.123 e. The summed E-state index contributed by atoms with van der Waals surface area (Å²) in [5, 5.41) is 5.23. The number of hydrogen-bond acceptors (Lipinski definition) is 4. The van der Waals surface area contributed by atoms with Gasteiger partial charge in [-0.1, -0.05) is 29.8 Å². The Kier molecular flexibility index (Phi) is 6.39. The van der Waals surface area contributed by atoms with Gasteiger partial charge in [-0.2, -0.15) is 0 Å². The topological polar surface area (TPSA) is 37.4 Å². The monoisotopic (exact) mass is 411 g/mol. The van der Waals surface area contributed by atoms with Crippen LogP contribution in [0.5, 0.6) is 0 Å². The van der Waals surface area contributed by atoms with Crippen molar-refractivity contribution < 1.29 is 9.13 Å². The van der Waals surface area contributed by atoms with Crippen LogP contribution in [0.15, 0.2) is 48.5 Å². The first-order valence-corrected chi connectivity index (χ1v) is 10.1. The molecule has 1 aromatic heterocycles. The van der Waals surface area contributed by atoms with Crippen LogP contribution in [0.2, 0.25) is 5.02 Å². The van der Waals surface area contributed by atoms with Crippen LogP contribution in [0, 0.1) is 5.82 Å². The van der Waals surface area contributed by atoms with Crippen LogP contribution in [-0.2, 0) is 4.74 Å². The zero-order valence-corrected chi connectivity index (χ0v) is 16.8. The molecule has 0 saturated carbocycles. The van der Waals surface area contributed by atoms with Gasteiger partial charge >= 0.3 is 0 Å². The molecule has 0 spiro atoms. The second-order valence-corrected chi connectivity index (χ2v) is 7.46. The summed E-state index contributed by atoms with van der Waals surface area (Å²) < 4.78 is 18.5. The number of morpholine rings is 1. The predicted molar refractivity (Wildman–Crippen MR) is 118 cm³/mol. The number of nitrogens with zero attached hydrogens (tertiary/aromatic N) is 2. The fraction of sp³-hybridized carbons (Fsp3) is 0.261. The quantitative estimate of drug-likeness (QED) is 0.623. The number of fused-ring (bicyclic) bond motifs is 1. The lowest BCUT2D eigenvalue weighted by molar-refractivity contribution is 0.0398. The lowest BCUT2D eigenvalue weighted by Crippen LogP contribution is -2.39. The Morgan fingerprint density at radius 1 is 1.07 bits per heavy atom. The number of benzene rings is 2. The first-order chi connectivity index (χ1) is 14.2. The molecule has 0 aliphatic carbocycles. The minimum Gasteiger partial charge on any atom is -0.383 e. The molecule has 1 aliphatic rings. The van der Waals surface area contributed by atoms with Gasteiger partial charge in [0.1, 0.15) is 5.82 Å². The highest BCUT2D eigenvalue weighted by Gasteiger charge is 2.10. The Labute approximate surface area is 175 Å². The molecule has 6 heteroatoms. The Hall–Kier alpha value is -2.47. The van der Waals surface area contributed by atoms with E-state index in [1.807, 2.05) is 36.4 Å². The molecule has 0 unspecified atom stereocenters. The van der Waals surface area contributed by atoms with Crippen LogP contribution < -0.4 is 5.32 Å². The molecule has 1 fully saturated rings. The summed E-state index contributed by atoms with van der Waals surface area (Å²) in [4.78, 5) is 7.11. The summed E-state index contributed by atoms with van der Waals surface area (Å²) in [5.74, 6) is -0.241. The maximum atomic E-state index is 13.1. The van der Waals surface area contributed by atoms with E-state index in [2.05, 4.69) is 10.2 Å². The fourth-order valence-corrected chi connectivity index (χ4v) is 3.55. The SMILES string of the molecule is Fc1ccc(/C=C/c2cc(NCCN3CCOCC3)c3cc(Cl)ccc3n2)cc1. The molecule has 2 heterocycles. The molecule has 150 valence electrons. The van der Waals surface area contributed by atoms with Crippen molar-refractivity contribution in [2.45, 2.75) is 0 Å². The standard InChI is InChI=1S/C23H23ClFN3O/c24-18-4-8-22-21(15-18)23(26-9-10-28-11-13-29-14-12-28)16-20(27-22)7-3-17-1-5-19(25)6-2-17/h1-8,15-16H,9-14H2,(H,26,27)/b7-3+. The Morgan fingerprint density at radius 2 is 1.86 bits per heavy atom. The van der Waals surface area contributed by atoms with Gasteiger partial charge in [-0.15, -0.1) is 0 Å². The molecule has 3 aromatic rings. The molecular formula is C23H23ClFN3O. The van der Waals surface area contributed by atoms with Crippen LogP contribution in [0.25, 0.3) is 23.1 Å². The van der Waals surface area contributed by atoms with E-state index in [1.165, 1.54) is 12.1 Å². The normalized spacial score (nSPS) is 15.2. The van der Waals surface area contributed by atoms with Crippen molar-refractivity contribution in [1.29, 1.82) is 0 Å². The average Bonchev–Trinajstić information content (AvgIpc) is 2.74. The predicted octanol–water partition coefficient (Wildman–Crippen LogP) is 4.94. The van der Waals surface area contributed by atoms with Gasteiger partial charge in [-0.25, -0.2) is 9.37 Å². The lowest BCUT2D eigenvalue weighted by Gasteiger charge is -2.26. The summed E-state index contributed by atoms with van der Waals surface area (Å²) in [7, 11) is 0. The third kappa shape index (κ3) is 5.32. The van der Waals surface area contributed by atoms with Crippen molar-refractivity contribution in [2.24, 2.45) is 0 Å². The van der Waals surface area contributed by atoms with Crippen LogP contribution in [0.1, 0.15) is 11.3 Å². The number of rotatable bonds is 6. The van der Waals surface area contributed by atoms with Gasteiger partial charge in [0, 0.05) is 42.3 Å². The molecule has 1 N–H and O–H groups in total. The summed E-state index contributed by atoms with van der Waals surface area (Å²) in [5.41, 5.74) is 3.64. The van der Waals surface area contributed by atoms with Crippen LogP contribution in [0.4, 0.5) is 10.1 Å². The lowest BCUT2D eigenvalue weighted by atomic mass is 10.1. The third-order valence-electron chi connectivity index (χ3n) is 4.95. The van der Waals surface area contributed by atoms with Crippen molar-refractivity contribution in [1.82, 2.24) is 9.88 Å². The highest BCUT2D eigenvalue weighted by Crippen LogP contribution is 2.27. The van der Waals surface area contributed by atoms with Crippen LogP contribution in [0.3, 0.4) is 0 Å². The highest BCUT2D eigenvalue weighted by atomic mass is 35.5. The van der Waals surface area contributed by atoms with Crippen molar-refractivity contribution in [3.63, 3.8) is 0 Å². The van der Waals surface area contributed by atoms with E-state index in [0.717, 1.165) is 67.2 Å². The molecule has 4 rings (SSSR count). The number of anilines is 1. The number of halogens is 2. The van der Waals surface area contributed by atoms with E-state index in [4.69, 9.17) is 21.3 Å².